The standard InChI is InChI=1S/C32H33NO4/c1-21-11-9-10-16-26(21)29-28(31(35)32(36)33(29)25-14-7-4-8-15-25)30(34)24-17-18-27(22(2)19-24)37-20-23-12-5-3-6-13-23/h3,5-6,9-13,16-19,25,29,34H,4,7-8,14-15,20H2,1-2H3/b30-28+. The topological polar surface area (TPSA) is 66.8 Å². The van der Waals surface area contributed by atoms with Crippen molar-refractivity contribution in [2.75, 3.05) is 0 Å². The minimum Gasteiger partial charge on any atom is -0.507 e. The molecule has 2 fully saturated rings. The molecule has 37 heavy (non-hydrogen) atoms. The van der Waals surface area contributed by atoms with E-state index in [1.807, 2.05) is 80.6 Å². The average molecular weight is 496 g/mol. The first-order valence-electron chi connectivity index (χ1n) is 13.1. The lowest BCUT2D eigenvalue weighted by atomic mass is 9.89. The first-order chi connectivity index (χ1) is 18.0. The molecule has 1 aliphatic carbocycles. The van der Waals surface area contributed by atoms with Crippen molar-refractivity contribution < 1.29 is 19.4 Å². The quantitative estimate of drug-likeness (QED) is 0.237. The predicted molar refractivity (Wildman–Crippen MR) is 144 cm³/mol. The highest BCUT2D eigenvalue weighted by Crippen LogP contribution is 2.44. The van der Waals surface area contributed by atoms with Gasteiger partial charge in [0.1, 0.15) is 18.1 Å². The van der Waals surface area contributed by atoms with E-state index in [-0.39, 0.29) is 17.4 Å². The molecule has 190 valence electrons. The Bertz CT molecular complexity index is 1340. The average Bonchev–Trinajstić information content (AvgIpc) is 3.18. The van der Waals surface area contributed by atoms with Crippen LogP contribution in [0.2, 0.25) is 0 Å². The number of carbonyl (C=O) groups excluding carboxylic acids is 2. The molecule has 5 nitrogen and oxygen atoms in total. The highest BCUT2D eigenvalue weighted by atomic mass is 16.5. The number of ether oxygens (including phenoxy) is 1. The summed E-state index contributed by atoms with van der Waals surface area (Å²) >= 11 is 0. The zero-order valence-corrected chi connectivity index (χ0v) is 21.4. The molecule has 0 bridgehead atoms. The van der Waals surface area contributed by atoms with Crippen molar-refractivity contribution in [2.45, 2.75) is 64.6 Å². The molecular formula is C32H33NO4. The third kappa shape index (κ3) is 4.91. The smallest absolute Gasteiger partial charge is 0.295 e. The highest BCUT2D eigenvalue weighted by Gasteiger charge is 2.49. The van der Waals surface area contributed by atoms with E-state index in [0.717, 1.165) is 54.4 Å². The van der Waals surface area contributed by atoms with E-state index in [4.69, 9.17) is 4.74 Å². The van der Waals surface area contributed by atoms with Gasteiger partial charge in [0.15, 0.2) is 0 Å². The highest BCUT2D eigenvalue weighted by molar-refractivity contribution is 6.46. The molecule has 5 heteroatoms. The number of benzene rings is 3. The van der Waals surface area contributed by atoms with E-state index >= 15 is 0 Å². The van der Waals surface area contributed by atoms with Crippen molar-refractivity contribution in [1.29, 1.82) is 0 Å². The molecule has 1 saturated heterocycles. The first-order valence-corrected chi connectivity index (χ1v) is 13.1. The van der Waals surface area contributed by atoms with Crippen LogP contribution in [0, 0.1) is 13.8 Å². The molecule has 0 radical (unpaired) electrons. The summed E-state index contributed by atoms with van der Waals surface area (Å²) in [6.45, 7) is 4.34. The van der Waals surface area contributed by atoms with Crippen LogP contribution in [-0.2, 0) is 16.2 Å². The second kappa shape index (κ2) is 10.6. The van der Waals surface area contributed by atoms with Crippen LogP contribution < -0.4 is 4.74 Å². The second-order valence-electron chi connectivity index (χ2n) is 10.1. The van der Waals surface area contributed by atoms with Gasteiger partial charge < -0.3 is 14.7 Å². The Hall–Kier alpha value is -3.86. The van der Waals surface area contributed by atoms with Crippen LogP contribution in [0.1, 0.15) is 66.0 Å². The van der Waals surface area contributed by atoms with Gasteiger partial charge in [-0.15, -0.1) is 0 Å². The number of nitrogens with zero attached hydrogens (tertiary/aromatic N) is 1. The maximum atomic E-state index is 13.4. The fraction of sp³-hybridized carbons (Fsp3) is 0.312. The lowest BCUT2D eigenvalue weighted by Gasteiger charge is -2.36. The normalized spacial score (nSPS) is 19.8. The van der Waals surface area contributed by atoms with Crippen LogP contribution >= 0.6 is 0 Å². The summed E-state index contributed by atoms with van der Waals surface area (Å²) in [4.78, 5) is 28.6. The molecule has 1 aliphatic heterocycles. The number of aliphatic hydroxyl groups excluding tert-OH is 1. The Morgan fingerprint density at radius 1 is 0.892 bits per heavy atom. The van der Waals surface area contributed by atoms with Crippen molar-refractivity contribution >= 4 is 17.4 Å². The number of aliphatic hydroxyl groups is 1. The van der Waals surface area contributed by atoms with Crippen molar-refractivity contribution in [3.63, 3.8) is 0 Å². The van der Waals surface area contributed by atoms with Crippen molar-refractivity contribution in [3.05, 3.63) is 106 Å². The van der Waals surface area contributed by atoms with E-state index in [1.165, 1.54) is 0 Å². The fourth-order valence-corrected chi connectivity index (χ4v) is 5.63. The van der Waals surface area contributed by atoms with Crippen LogP contribution in [0.4, 0.5) is 0 Å². The molecule has 2 aliphatic rings. The van der Waals surface area contributed by atoms with Gasteiger partial charge in [0.05, 0.1) is 11.6 Å². The lowest BCUT2D eigenvalue weighted by molar-refractivity contribution is -0.141. The molecule has 3 aromatic carbocycles. The molecule has 0 spiro atoms. The summed E-state index contributed by atoms with van der Waals surface area (Å²) < 4.78 is 6.00. The van der Waals surface area contributed by atoms with Gasteiger partial charge >= 0.3 is 0 Å². The fourth-order valence-electron chi connectivity index (χ4n) is 5.63. The number of rotatable bonds is 6. The predicted octanol–water partition coefficient (Wildman–Crippen LogP) is 6.64. The lowest BCUT2D eigenvalue weighted by Crippen LogP contribution is -2.40. The molecule has 1 saturated carbocycles. The van der Waals surface area contributed by atoms with Gasteiger partial charge in [-0.2, -0.15) is 0 Å². The van der Waals surface area contributed by atoms with Gasteiger partial charge in [-0.25, -0.2) is 0 Å². The zero-order chi connectivity index (χ0) is 25.9. The van der Waals surface area contributed by atoms with Crippen molar-refractivity contribution in [1.82, 2.24) is 4.90 Å². The molecule has 0 aromatic heterocycles. The van der Waals surface area contributed by atoms with E-state index in [9.17, 15) is 14.7 Å². The van der Waals surface area contributed by atoms with Crippen LogP contribution in [0.15, 0.2) is 78.4 Å². The third-order valence-electron chi connectivity index (χ3n) is 7.62. The minimum atomic E-state index is -0.613. The first kappa shape index (κ1) is 24.8. The molecule has 1 atom stereocenters. The molecule has 3 aromatic rings. The number of hydrogen-bond donors (Lipinski definition) is 1. The van der Waals surface area contributed by atoms with Gasteiger partial charge in [0.2, 0.25) is 0 Å². The monoisotopic (exact) mass is 495 g/mol. The van der Waals surface area contributed by atoms with Crippen LogP contribution in [0.5, 0.6) is 5.75 Å². The van der Waals surface area contributed by atoms with Gasteiger partial charge in [-0.3, -0.25) is 9.59 Å². The summed E-state index contributed by atoms with van der Waals surface area (Å²) in [5.74, 6) is -0.555. The molecular weight excluding hydrogens is 462 g/mol. The van der Waals surface area contributed by atoms with Gasteiger partial charge in [-0.05, 0) is 67.1 Å². The molecule has 1 unspecified atom stereocenters. The SMILES string of the molecule is Cc1cc(/C(O)=C2\C(=O)C(=O)N(C3CCCCC3)C2c2ccccc2C)ccc1OCc1ccccc1. The Morgan fingerprint density at radius 3 is 2.30 bits per heavy atom. The Balaban J connectivity index is 1.52. The van der Waals surface area contributed by atoms with Crippen LogP contribution in [-0.4, -0.2) is 27.7 Å². The van der Waals surface area contributed by atoms with E-state index < -0.39 is 17.7 Å². The second-order valence-corrected chi connectivity index (χ2v) is 10.1. The van der Waals surface area contributed by atoms with Gasteiger partial charge in [0, 0.05) is 11.6 Å². The summed E-state index contributed by atoms with van der Waals surface area (Å²) in [6, 6.07) is 22.5. The third-order valence-corrected chi connectivity index (χ3v) is 7.62. The Kier molecular flexibility index (Phi) is 7.13. The number of ketones is 1. The molecule has 1 amide bonds. The van der Waals surface area contributed by atoms with Gasteiger partial charge in [0.25, 0.3) is 11.7 Å². The largest absolute Gasteiger partial charge is 0.507 e. The number of carbonyl (C=O) groups is 2. The number of amides is 1. The number of Topliss-reactive ketones (excluding diaryl/α,β-unsaturated/α-hetero) is 1. The van der Waals surface area contributed by atoms with E-state index in [1.54, 1.807) is 11.0 Å². The van der Waals surface area contributed by atoms with E-state index in [0.29, 0.717) is 17.9 Å². The van der Waals surface area contributed by atoms with Crippen molar-refractivity contribution in [3.8, 4) is 5.75 Å². The maximum absolute atomic E-state index is 13.4. The summed E-state index contributed by atoms with van der Waals surface area (Å²) in [5.41, 5.74) is 4.45. The van der Waals surface area contributed by atoms with Crippen LogP contribution in [0.3, 0.4) is 0 Å². The number of hydrogen-bond acceptors (Lipinski definition) is 4. The number of aryl methyl sites for hydroxylation is 2. The minimum absolute atomic E-state index is 0.00407. The Labute approximate surface area is 218 Å². The number of likely N-dealkylation sites (tertiary alicyclic amines) is 1. The Morgan fingerprint density at radius 2 is 1.59 bits per heavy atom. The maximum Gasteiger partial charge on any atom is 0.295 e. The van der Waals surface area contributed by atoms with Crippen molar-refractivity contribution in [2.24, 2.45) is 0 Å². The molecule has 5 rings (SSSR count). The summed E-state index contributed by atoms with van der Waals surface area (Å²) in [7, 11) is 0. The summed E-state index contributed by atoms with van der Waals surface area (Å²) in [5, 5.41) is 11.5. The summed E-state index contributed by atoms with van der Waals surface area (Å²) in [6.07, 6.45) is 4.98. The van der Waals surface area contributed by atoms with Crippen LogP contribution in [0.25, 0.3) is 5.76 Å². The zero-order valence-electron chi connectivity index (χ0n) is 21.4. The van der Waals surface area contributed by atoms with Gasteiger partial charge in [-0.1, -0.05) is 73.9 Å². The van der Waals surface area contributed by atoms with E-state index in [2.05, 4.69) is 0 Å². The molecule has 1 N–H and O–H groups in total. The molecule has 1 heterocycles.